The van der Waals surface area contributed by atoms with E-state index in [1.54, 1.807) is 30.3 Å². The van der Waals surface area contributed by atoms with Gasteiger partial charge in [0, 0.05) is 38.9 Å². The van der Waals surface area contributed by atoms with Crippen LogP contribution in [0.2, 0.25) is 0 Å². The fourth-order valence-corrected chi connectivity index (χ4v) is 5.59. The molecule has 1 aliphatic heterocycles. The van der Waals surface area contributed by atoms with Crippen LogP contribution in [0.4, 0.5) is 5.69 Å². The lowest BCUT2D eigenvalue weighted by molar-refractivity contribution is 0.0988. The first-order chi connectivity index (χ1) is 15.8. The van der Waals surface area contributed by atoms with Gasteiger partial charge in [-0.1, -0.05) is 79.5 Å². The molecule has 0 saturated heterocycles. The zero-order valence-electron chi connectivity index (χ0n) is 19.1. The predicted molar refractivity (Wildman–Crippen MR) is 138 cm³/mol. The molecular formula is C29H26BrNO2. The number of anilines is 1. The molecule has 0 bridgehead atoms. The first-order valence-electron chi connectivity index (χ1n) is 11.5. The van der Waals surface area contributed by atoms with Gasteiger partial charge >= 0.3 is 0 Å². The van der Waals surface area contributed by atoms with Crippen LogP contribution in [0.25, 0.3) is 10.8 Å². The lowest BCUT2D eigenvalue weighted by Gasteiger charge is -2.27. The van der Waals surface area contributed by atoms with Crippen molar-refractivity contribution in [3.8, 4) is 0 Å². The summed E-state index contributed by atoms with van der Waals surface area (Å²) < 4.78 is 1.06. The van der Waals surface area contributed by atoms with Gasteiger partial charge in [-0.3, -0.25) is 9.59 Å². The third kappa shape index (κ3) is 3.39. The number of carbonyl (C=O) groups is 2. The quantitative estimate of drug-likeness (QED) is 0.277. The van der Waals surface area contributed by atoms with E-state index in [1.807, 2.05) is 6.08 Å². The van der Waals surface area contributed by atoms with E-state index in [2.05, 4.69) is 71.9 Å². The molecule has 33 heavy (non-hydrogen) atoms. The molecule has 1 heterocycles. The van der Waals surface area contributed by atoms with Gasteiger partial charge in [0.15, 0.2) is 11.6 Å². The average molecular weight is 500 g/mol. The molecule has 166 valence electrons. The van der Waals surface area contributed by atoms with Gasteiger partial charge in [-0.25, -0.2) is 0 Å². The Labute approximate surface area is 202 Å². The molecule has 0 fully saturated rings. The number of ketones is 2. The Morgan fingerprint density at radius 2 is 1.64 bits per heavy atom. The summed E-state index contributed by atoms with van der Waals surface area (Å²) >= 11 is 3.59. The summed E-state index contributed by atoms with van der Waals surface area (Å²) in [6.07, 6.45) is 5.89. The van der Waals surface area contributed by atoms with Gasteiger partial charge in [0.05, 0.1) is 5.57 Å². The first-order valence-corrected chi connectivity index (χ1v) is 12.2. The lowest BCUT2D eigenvalue weighted by atomic mass is 9.81. The first kappa shape index (κ1) is 21.8. The number of hydrogen-bond donors (Lipinski definition) is 0. The molecule has 0 amide bonds. The van der Waals surface area contributed by atoms with E-state index in [9.17, 15) is 9.59 Å². The van der Waals surface area contributed by atoms with Crippen LogP contribution < -0.4 is 4.90 Å². The normalized spacial score (nSPS) is 17.8. The van der Waals surface area contributed by atoms with E-state index in [0.717, 1.165) is 29.6 Å². The number of allylic oxidation sites excluding steroid dienone is 4. The Balaban J connectivity index is 1.65. The number of nitrogens with zero attached hydrogens (tertiary/aromatic N) is 1. The Morgan fingerprint density at radius 3 is 2.30 bits per heavy atom. The van der Waals surface area contributed by atoms with Gasteiger partial charge in [-0.05, 0) is 53.1 Å². The van der Waals surface area contributed by atoms with Crippen molar-refractivity contribution in [3.05, 3.63) is 99.2 Å². The molecule has 0 saturated carbocycles. The van der Waals surface area contributed by atoms with Gasteiger partial charge in [0.25, 0.3) is 0 Å². The zero-order valence-corrected chi connectivity index (χ0v) is 20.7. The van der Waals surface area contributed by atoms with E-state index in [0.29, 0.717) is 11.1 Å². The summed E-state index contributed by atoms with van der Waals surface area (Å²) in [6.45, 7) is 7.55. The maximum Gasteiger partial charge on any atom is 0.197 e. The van der Waals surface area contributed by atoms with Crippen molar-refractivity contribution >= 4 is 44.0 Å². The highest BCUT2D eigenvalue weighted by Gasteiger charge is 2.41. The fourth-order valence-electron chi connectivity index (χ4n) is 5.21. The smallest absolute Gasteiger partial charge is 0.197 e. The highest BCUT2D eigenvalue weighted by molar-refractivity contribution is 9.10. The van der Waals surface area contributed by atoms with Crippen LogP contribution in [0.15, 0.2) is 82.5 Å². The van der Waals surface area contributed by atoms with Crippen molar-refractivity contribution in [2.24, 2.45) is 0 Å². The maximum atomic E-state index is 12.9. The van der Waals surface area contributed by atoms with Gasteiger partial charge < -0.3 is 4.90 Å². The monoisotopic (exact) mass is 499 g/mol. The second-order valence-electron chi connectivity index (χ2n) is 9.29. The molecule has 1 aliphatic carbocycles. The Kier molecular flexibility index (Phi) is 5.37. The third-order valence-electron chi connectivity index (χ3n) is 6.86. The Morgan fingerprint density at radius 1 is 0.939 bits per heavy atom. The molecule has 3 nitrogen and oxygen atoms in total. The topological polar surface area (TPSA) is 37.4 Å². The summed E-state index contributed by atoms with van der Waals surface area (Å²) in [7, 11) is 0. The number of benzene rings is 3. The molecule has 0 aromatic heterocycles. The van der Waals surface area contributed by atoms with Crippen LogP contribution in [0, 0.1) is 0 Å². The van der Waals surface area contributed by atoms with Crippen molar-refractivity contribution in [2.45, 2.75) is 39.0 Å². The van der Waals surface area contributed by atoms with Gasteiger partial charge in [-0.15, -0.1) is 0 Å². The van der Waals surface area contributed by atoms with Gasteiger partial charge in [0.1, 0.15) is 0 Å². The second-order valence-corrected chi connectivity index (χ2v) is 10.2. The number of hydrogen-bond acceptors (Lipinski definition) is 3. The Hall–Kier alpha value is -2.98. The van der Waals surface area contributed by atoms with Crippen LogP contribution in [-0.4, -0.2) is 18.1 Å². The molecule has 0 N–H and O–H groups in total. The van der Waals surface area contributed by atoms with E-state index in [4.69, 9.17) is 0 Å². The molecule has 3 aromatic carbocycles. The SMILES string of the molecule is CCCCN1/C(=C\C=C2C(=O)c3ccccc3C2=O)C(C)(C)c2c1ccc1cc(Br)ccc21. The summed E-state index contributed by atoms with van der Waals surface area (Å²) in [5.41, 5.74) is 4.59. The number of Topliss-reactive ketones (excluding diaryl/α,β-unsaturated/α-hetero) is 2. The van der Waals surface area contributed by atoms with E-state index in [-0.39, 0.29) is 22.6 Å². The minimum Gasteiger partial charge on any atom is -0.344 e. The summed E-state index contributed by atoms with van der Waals surface area (Å²) in [5.74, 6) is -0.368. The number of carbonyl (C=O) groups excluding carboxylic acids is 2. The molecular weight excluding hydrogens is 474 g/mol. The second kappa shape index (κ2) is 8.11. The lowest BCUT2D eigenvalue weighted by Crippen LogP contribution is -2.27. The zero-order chi connectivity index (χ0) is 23.3. The van der Waals surface area contributed by atoms with E-state index >= 15 is 0 Å². The minimum atomic E-state index is -0.273. The molecule has 0 spiro atoms. The number of fused-ring (bicyclic) bond motifs is 4. The summed E-state index contributed by atoms with van der Waals surface area (Å²) in [4.78, 5) is 28.2. The molecule has 0 atom stereocenters. The molecule has 4 heteroatoms. The number of rotatable bonds is 4. The average Bonchev–Trinajstić information content (AvgIpc) is 3.17. The van der Waals surface area contributed by atoms with Gasteiger partial charge in [-0.2, -0.15) is 0 Å². The summed E-state index contributed by atoms with van der Waals surface area (Å²) in [6, 6.07) is 17.9. The van der Waals surface area contributed by atoms with Crippen LogP contribution in [0.5, 0.6) is 0 Å². The highest BCUT2D eigenvalue weighted by Crippen LogP contribution is 2.51. The van der Waals surface area contributed by atoms with Crippen molar-refractivity contribution in [3.63, 3.8) is 0 Å². The van der Waals surface area contributed by atoms with Crippen molar-refractivity contribution in [2.75, 3.05) is 11.4 Å². The van der Waals surface area contributed by atoms with Crippen LogP contribution in [-0.2, 0) is 5.41 Å². The third-order valence-corrected chi connectivity index (χ3v) is 7.35. The molecule has 0 unspecified atom stereocenters. The predicted octanol–water partition coefficient (Wildman–Crippen LogP) is 7.39. The number of halogens is 1. The van der Waals surface area contributed by atoms with E-state index in [1.165, 1.54) is 22.0 Å². The van der Waals surface area contributed by atoms with Gasteiger partial charge in [0.2, 0.25) is 0 Å². The minimum absolute atomic E-state index is 0.184. The van der Waals surface area contributed by atoms with Crippen molar-refractivity contribution in [1.29, 1.82) is 0 Å². The molecule has 0 radical (unpaired) electrons. The molecule has 5 rings (SSSR count). The van der Waals surface area contributed by atoms with Crippen LogP contribution in [0.1, 0.15) is 59.9 Å². The maximum absolute atomic E-state index is 12.9. The fraction of sp³-hybridized carbons (Fsp3) is 0.241. The standard InChI is InChI=1S/C29H26BrNO2/c1-4-5-16-31-24-14-10-18-17-19(30)11-12-20(18)26(24)29(2,3)25(31)15-13-23-27(32)21-8-6-7-9-22(21)28(23)33/h6-15,17H,4-5,16H2,1-3H3/b25-15-. The Bertz CT molecular complexity index is 1340. The van der Waals surface area contributed by atoms with Crippen LogP contribution in [0.3, 0.4) is 0 Å². The van der Waals surface area contributed by atoms with E-state index < -0.39 is 0 Å². The van der Waals surface area contributed by atoms with Crippen molar-refractivity contribution < 1.29 is 9.59 Å². The molecule has 2 aliphatic rings. The highest BCUT2D eigenvalue weighted by atomic mass is 79.9. The summed E-state index contributed by atoms with van der Waals surface area (Å²) in [5, 5.41) is 2.43. The molecule has 3 aromatic rings. The van der Waals surface area contributed by atoms with Crippen molar-refractivity contribution in [1.82, 2.24) is 0 Å². The largest absolute Gasteiger partial charge is 0.344 e. The van der Waals surface area contributed by atoms with Crippen LogP contribution >= 0.6 is 15.9 Å². The number of unbranched alkanes of at least 4 members (excludes halogenated alkanes) is 1.